The van der Waals surface area contributed by atoms with Gasteiger partial charge in [-0.1, -0.05) is 13.0 Å². The van der Waals surface area contributed by atoms with Crippen LogP contribution in [0.4, 0.5) is 8.78 Å². The molecule has 2 aromatic rings. The molecule has 0 spiro atoms. The van der Waals surface area contributed by atoms with Crippen LogP contribution in [0.1, 0.15) is 36.2 Å². The van der Waals surface area contributed by atoms with Gasteiger partial charge in [0.1, 0.15) is 11.6 Å². The normalized spacial score (nSPS) is 12.4. The Hall–Kier alpha value is -1.81. The van der Waals surface area contributed by atoms with Crippen LogP contribution >= 0.6 is 0 Å². The molecule has 0 radical (unpaired) electrons. The molecule has 1 atom stereocenters. The molecule has 0 amide bonds. The van der Waals surface area contributed by atoms with Crippen molar-refractivity contribution < 1.29 is 8.78 Å². The SMILES string of the molecule is CCCNC(c1cc(C)cc(F)c1)c1ncccc1F. The highest BCUT2D eigenvalue weighted by atomic mass is 19.1. The van der Waals surface area contributed by atoms with E-state index in [9.17, 15) is 8.78 Å². The lowest BCUT2D eigenvalue weighted by molar-refractivity contribution is 0.528. The average Bonchev–Trinajstić information content (AvgIpc) is 2.40. The van der Waals surface area contributed by atoms with Crippen molar-refractivity contribution in [3.8, 4) is 0 Å². The lowest BCUT2D eigenvalue weighted by atomic mass is 10.00. The molecular weight excluding hydrogens is 258 g/mol. The van der Waals surface area contributed by atoms with Gasteiger partial charge in [0.05, 0.1) is 11.7 Å². The van der Waals surface area contributed by atoms with E-state index in [4.69, 9.17) is 0 Å². The van der Waals surface area contributed by atoms with Crippen LogP contribution in [0.5, 0.6) is 0 Å². The summed E-state index contributed by atoms with van der Waals surface area (Å²) in [5.41, 5.74) is 1.79. The summed E-state index contributed by atoms with van der Waals surface area (Å²) >= 11 is 0. The van der Waals surface area contributed by atoms with Gasteiger partial charge in [-0.25, -0.2) is 8.78 Å². The van der Waals surface area contributed by atoms with Gasteiger partial charge in [-0.05, 0) is 55.3 Å². The highest BCUT2D eigenvalue weighted by molar-refractivity contribution is 5.32. The number of halogens is 2. The van der Waals surface area contributed by atoms with Crippen LogP contribution in [0.15, 0.2) is 36.5 Å². The van der Waals surface area contributed by atoms with Gasteiger partial charge < -0.3 is 5.32 Å². The van der Waals surface area contributed by atoms with Crippen molar-refractivity contribution in [1.82, 2.24) is 10.3 Å². The third-order valence-corrected chi connectivity index (χ3v) is 3.06. The molecule has 0 bridgehead atoms. The molecule has 2 nitrogen and oxygen atoms in total. The molecule has 0 saturated carbocycles. The Kier molecular flexibility index (Phi) is 4.79. The second-order valence-electron chi connectivity index (χ2n) is 4.82. The first-order valence-corrected chi connectivity index (χ1v) is 6.72. The molecule has 1 aromatic carbocycles. The molecule has 2 rings (SSSR count). The van der Waals surface area contributed by atoms with Crippen LogP contribution in [0.25, 0.3) is 0 Å². The van der Waals surface area contributed by atoms with E-state index in [1.807, 2.05) is 19.9 Å². The summed E-state index contributed by atoms with van der Waals surface area (Å²) in [6, 6.07) is 7.21. The number of benzene rings is 1. The van der Waals surface area contributed by atoms with Crippen molar-refractivity contribution >= 4 is 0 Å². The van der Waals surface area contributed by atoms with Gasteiger partial charge in [0, 0.05) is 6.20 Å². The predicted molar refractivity (Wildman–Crippen MR) is 75.5 cm³/mol. The van der Waals surface area contributed by atoms with E-state index in [0.717, 1.165) is 12.0 Å². The Morgan fingerprint density at radius 1 is 1.25 bits per heavy atom. The van der Waals surface area contributed by atoms with Crippen LogP contribution in [-0.4, -0.2) is 11.5 Å². The Morgan fingerprint density at radius 3 is 2.70 bits per heavy atom. The van der Waals surface area contributed by atoms with Crippen LogP contribution in [0.2, 0.25) is 0 Å². The number of aryl methyl sites for hydroxylation is 1. The van der Waals surface area contributed by atoms with Crippen molar-refractivity contribution in [1.29, 1.82) is 0 Å². The first-order chi connectivity index (χ1) is 9.61. The van der Waals surface area contributed by atoms with Crippen LogP contribution in [0, 0.1) is 18.6 Å². The molecule has 106 valence electrons. The fourth-order valence-corrected chi connectivity index (χ4v) is 2.20. The van der Waals surface area contributed by atoms with E-state index in [1.54, 1.807) is 12.3 Å². The van der Waals surface area contributed by atoms with Gasteiger partial charge in [-0.2, -0.15) is 0 Å². The monoisotopic (exact) mass is 276 g/mol. The molecule has 0 fully saturated rings. The number of hydrogen-bond acceptors (Lipinski definition) is 2. The maximum absolute atomic E-state index is 14.0. The van der Waals surface area contributed by atoms with Gasteiger partial charge in [-0.15, -0.1) is 0 Å². The van der Waals surface area contributed by atoms with Crippen molar-refractivity contribution in [2.75, 3.05) is 6.54 Å². The van der Waals surface area contributed by atoms with E-state index >= 15 is 0 Å². The predicted octanol–water partition coefficient (Wildman–Crippen LogP) is 3.76. The van der Waals surface area contributed by atoms with Gasteiger partial charge in [0.15, 0.2) is 0 Å². The lowest BCUT2D eigenvalue weighted by Crippen LogP contribution is -2.25. The lowest BCUT2D eigenvalue weighted by Gasteiger charge is -2.19. The molecule has 20 heavy (non-hydrogen) atoms. The van der Waals surface area contributed by atoms with Gasteiger partial charge >= 0.3 is 0 Å². The second-order valence-corrected chi connectivity index (χ2v) is 4.82. The second kappa shape index (κ2) is 6.57. The molecule has 0 saturated heterocycles. The smallest absolute Gasteiger partial charge is 0.146 e. The zero-order valence-electron chi connectivity index (χ0n) is 11.7. The van der Waals surface area contributed by atoms with E-state index in [0.29, 0.717) is 17.8 Å². The molecule has 4 heteroatoms. The maximum Gasteiger partial charge on any atom is 0.146 e. The fraction of sp³-hybridized carbons (Fsp3) is 0.312. The van der Waals surface area contributed by atoms with Gasteiger partial charge in [-0.3, -0.25) is 4.98 Å². The molecule has 0 aliphatic carbocycles. The Labute approximate surface area is 117 Å². The van der Waals surface area contributed by atoms with Crippen molar-refractivity contribution in [2.45, 2.75) is 26.3 Å². The number of nitrogens with one attached hydrogen (secondary N) is 1. The Morgan fingerprint density at radius 2 is 2.05 bits per heavy atom. The first-order valence-electron chi connectivity index (χ1n) is 6.72. The zero-order chi connectivity index (χ0) is 14.5. The van der Waals surface area contributed by atoms with Gasteiger partial charge in [0.25, 0.3) is 0 Å². The highest BCUT2D eigenvalue weighted by Crippen LogP contribution is 2.24. The Bertz CT molecular complexity index is 564. The summed E-state index contributed by atoms with van der Waals surface area (Å²) in [6.07, 6.45) is 2.45. The molecule has 0 aliphatic heterocycles. The maximum atomic E-state index is 14.0. The van der Waals surface area contributed by atoms with Crippen LogP contribution < -0.4 is 5.32 Å². The minimum absolute atomic E-state index is 0.297. The third kappa shape index (κ3) is 3.39. The molecule has 0 aliphatic rings. The standard InChI is InChI=1S/C16H18F2N2/c1-3-6-19-15(16-14(18)5-4-7-20-16)12-8-11(2)9-13(17)10-12/h4-5,7-10,15,19H,3,6H2,1-2H3. The van der Waals surface area contributed by atoms with E-state index in [-0.39, 0.29) is 11.6 Å². The molecule has 1 N–H and O–H groups in total. The number of rotatable bonds is 5. The average molecular weight is 276 g/mol. The van der Waals surface area contributed by atoms with E-state index in [1.165, 1.54) is 18.2 Å². The minimum atomic E-state index is -0.439. The summed E-state index contributed by atoms with van der Waals surface area (Å²) in [5, 5.41) is 3.23. The molecular formula is C16H18F2N2. The number of nitrogens with zero attached hydrogens (tertiary/aromatic N) is 1. The number of hydrogen-bond donors (Lipinski definition) is 1. The van der Waals surface area contributed by atoms with Crippen molar-refractivity contribution in [2.24, 2.45) is 0 Å². The first kappa shape index (κ1) is 14.6. The summed E-state index contributed by atoms with van der Waals surface area (Å²) in [4.78, 5) is 4.11. The highest BCUT2D eigenvalue weighted by Gasteiger charge is 2.19. The van der Waals surface area contributed by atoms with Gasteiger partial charge in [0.2, 0.25) is 0 Å². The number of pyridine rings is 1. The summed E-state index contributed by atoms with van der Waals surface area (Å²) in [7, 11) is 0. The summed E-state index contributed by atoms with van der Waals surface area (Å²) < 4.78 is 27.5. The van der Waals surface area contributed by atoms with E-state index in [2.05, 4.69) is 10.3 Å². The fourth-order valence-electron chi connectivity index (χ4n) is 2.20. The van der Waals surface area contributed by atoms with Crippen molar-refractivity contribution in [3.63, 3.8) is 0 Å². The molecule has 1 unspecified atom stereocenters. The summed E-state index contributed by atoms with van der Waals surface area (Å²) in [5.74, 6) is -0.706. The largest absolute Gasteiger partial charge is 0.305 e. The molecule has 1 heterocycles. The van der Waals surface area contributed by atoms with Crippen molar-refractivity contribution in [3.05, 3.63) is 65.0 Å². The van der Waals surface area contributed by atoms with E-state index < -0.39 is 6.04 Å². The number of aromatic nitrogens is 1. The zero-order valence-corrected chi connectivity index (χ0v) is 11.7. The minimum Gasteiger partial charge on any atom is -0.305 e. The third-order valence-electron chi connectivity index (χ3n) is 3.06. The van der Waals surface area contributed by atoms with Crippen LogP contribution in [-0.2, 0) is 0 Å². The summed E-state index contributed by atoms with van der Waals surface area (Å²) in [6.45, 7) is 4.55. The molecule has 1 aromatic heterocycles. The quantitative estimate of drug-likeness (QED) is 0.899. The topological polar surface area (TPSA) is 24.9 Å². The van der Waals surface area contributed by atoms with Crippen LogP contribution in [0.3, 0.4) is 0 Å². The Balaban J connectivity index is 2.44.